The summed E-state index contributed by atoms with van der Waals surface area (Å²) in [4.78, 5) is 15.7. The third-order valence-corrected chi connectivity index (χ3v) is 4.65. The van der Waals surface area contributed by atoms with Crippen LogP contribution in [0, 0.1) is 11.6 Å². The minimum absolute atomic E-state index is 0.0203. The normalized spacial score (nSPS) is 10.9. The number of hydrogen-bond acceptors (Lipinski definition) is 7. The fourth-order valence-corrected chi connectivity index (χ4v) is 3.11. The van der Waals surface area contributed by atoms with E-state index in [1.165, 1.54) is 35.8 Å². The van der Waals surface area contributed by atoms with Gasteiger partial charge in [0.05, 0.1) is 24.9 Å². The van der Waals surface area contributed by atoms with Gasteiger partial charge in [-0.3, -0.25) is 10.2 Å². The van der Waals surface area contributed by atoms with Crippen LogP contribution in [0.4, 0.5) is 13.9 Å². The zero-order valence-corrected chi connectivity index (χ0v) is 16.9. The summed E-state index contributed by atoms with van der Waals surface area (Å²) in [6.07, 6.45) is 1.52. The maximum absolute atomic E-state index is 14.2. The van der Waals surface area contributed by atoms with E-state index in [0.29, 0.717) is 28.6 Å². The molecule has 0 saturated heterocycles. The monoisotopic (exact) mass is 431 g/mol. The number of carbonyl (C=O) groups is 1. The molecular weight excluding hydrogens is 412 g/mol. The summed E-state index contributed by atoms with van der Waals surface area (Å²) in [5.74, 6) is -1.31. The molecule has 0 unspecified atom stereocenters. The summed E-state index contributed by atoms with van der Waals surface area (Å²) in [6.45, 7) is 1.99. The van der Waals surface area contributed by atoms with Crippen molar-refractivity contribution in [1.29, 1.82) is 0 Å². The molecule has 0 aliphatic carbocycles. The van der Waals surface area contributed by atoms with E-state index in [9.17, 15) is 13.6 Å². The van der Waals surface area contributed by atoms with Gasteiger partial charge in [0.25, 0.3) is 0 Å². The Morgan fingerprint density at radius 3 is 2.83 bits per heavy atom. The fraction of sp³-hybridized carbons (Fsp3) is 0.190. The number of benzene rings is 2. The summed E-state index contributed by atoms with van der Waals surface area (Å²) in [5.41, 5.74) is 4.16. The van der Waals surface area contributed by atoms with Crippen molar-refractivity contribution in [2.45, 2.75) is 20.0 Å². The van der Waals surface area contributed by atoms with Crippen molar-refractivity contribution < 1.29 is 23.0 Å². The van der Waals surface area contributed by atoms with Gasteiger partial charge >= 0.3 is 5.97 Å². The minimum Gasteiger partial charge on any atom is -0.486 e. The highest BCUT2D eigenvalue weighted by Crippen LogP contribution is 2.20. The molecule has 0 atom stereocenters. The summed E-state index contributed by atoms with van der Waals surface area (Å²) >= 11 is 1.29. The fourth-order valence-electron chi connectivity index (χ4n) is 2.45. The Labute approximate surface area is 176 Å². The first-order valence-electron chi connectivity index (χ1n) is 9.10. The summed E-state index contributed by atoms with van der Waals surface area (Å²) in [6, 6.07) is 10.5. The lowest BCUT2D eigenvalue weighted by atomic mass is 10.2. The summed E-state index contributed by atoms with van der Waals surface area (Å²) < 4.78 is 38.1. The van der Waals surface area contributed by atoms with Crippen LogP contribution in [0.1, 0.15) is 23.7 Å². The molecule has 0 spiro atoms. The SMILES string of the molecule is CCOC(=O)Cc1csc(NN=Cc2ccc(OCc3ccccc3F)c(F)c2)n1. The lowest BCUT2D eigenvalue weighted by Gasteiger charge is -2.08. The highest BCUT2D eigenvalue weighted by molar-refractivity contribution is 7.13. The molecule has 0 fully saturated rings. The Morgan fingerprint density at radius 2 is 2.07 bits per heavy atom. The van der Waals surface area contributed by atoms with E-state index in [1.54, 1.807) is 36.6 Å². The van der Waals surface area contributed by atoms with Gasteiger partial charge in [0.15, 0.2) is 11.6 Å². The van der Waals surface area contributed by atoms with E-state index in [0.717, 1.165) is 0 Å². The molecule has 156 valence electrons. The Hall–Kier alpha value is -3.33. The Kier molecular flexibility index (Phi) is 7.45. The van der Waals surface area contributed by atoms with Crippen molar-refractivity contribution in [2.75, 3.05) is 12.0 Å². The standard InChI is InChI=1S/C21H19F2N3O3S/c1-2-28-20(27)10-16-13-30-21(25-16)26-24-11-14-7-8-19(18(23)9-14)29-12-15-5-3-4-6-17(15)22/h3-9,11,13H,2,10,12H2,1H3,(H,25,26). The van der Waals surface area contributed by atoms with E-state index >= 15 is 0 Å². The summed E-state index contributed by atoms with van der Waals surface area (Å²) in [7, 11) is 0. The first kappa shape index (κ1) is 21.4. The number of halogens is 2. The number of ether oxygens (including phenoxy) is 2. The quantitative estimate of drug-likeness (QED) is 0.306. The molecule has 0 bridgehead atoms. The Balaban J connectivity index is 1.54. The lowest BCUT2D eigenvalue weighted by molar-refractivity contribution is -0.142. The van der Waals surface area contributed by atoms with Crippen LogP contribution >= 0.6 is 11.3 Å². The highest BCUT2D eigenvalue weighted by atomic mass is 32.1. The van der Waals surface area contributed by atoms with Gasteiger partial charge in [0.1, 0.15) is 12.4 Å². The van der Waals surface area contributed by atoms with Crippen LogP contribution in [0.2, 0.25) is 0 Å². The van der Waals surface area contributed by atoms with Crippen LogP contribution in [0.25, 0.3) is 0 Å². The van der Waals surface area contributed by atoms with Gasteiger partial charge in [-0.2, -0.15) is 5.10 Å². The minimum atomic E-state index is -0.582. The second-order valence-electron chi connectivity index (χ2n) is 6.07. The number of nitrogens with zero attached hydrogens (tertiary/aromatic N) is 2. The molecule has 3 aromatic rings. The highest BCUT2D eigenvalue weighted by Gasteiger charge is 2.09. The van der Waals surface area contributed by atoms with Crippen molar-refractivity contribution in [3.05, 3.63) is 76.3 Å². The molecule has 1 heterocycles. The molecular formula is C21H19F2N3O3S. The average Bonchev–Trinajstić information content (AvgIpc) is 3.15. The van der Waals surface area contributed by atoms with Gasteiger partial charge in [-0.1, -0.05) is 18.2 Å². The maximum Gasteiger partial charge on any atom is 0.311 e. The average molecular weight is 431 g/mol. The molecule has 2 aromatic carbocycles. The second kappa shape index (κ2) is 10.4. The Bertz CT molecular complexity index is 1040. The van der Waals surface area contributed by atoms with Crippen molar-refractivity contribution in [3.8, 4) is 5.75 Å². The van der Waals surface area contributed by atoms with Gasteiger partial charge < -0.3 is 9.47 Å². The van der Waals surface area contributed by atoms with Gasteiger partial charge in [0.2, 0.25) is 5.13 Å². The smallest absolute Gasteiger partial charge is 0.311 e. The van der Waals surface area contributed by atoms with Crippen LogP contribution in [0.5, 0.6) is 5.75 Å². The van der Waals surface area contributed by atoms with Crippen molar-refractivity contribution in [3.63, 3.8) is 0 Å². The van der Waals surface area contributed by atoms with E-state index in [1.807, 2.05) is 0 Å². The summed E-state index contributed by atoms with van der Waals surface area (Å²) in [5, 5.41) is 6.24. The number of thiazole rings is 1. The van der Waals surface area contributed by atoms with Crippen LogP contribution in [-0.4, -0.2) is 23.8 Å². The number of rotatable bonds is 9. The number of aromatic nitrogens is 1. The zero-order chi connectivity index (χ0) is 21.3. The zero-order valence-electron chi connectivity index (χ0n) is 16.1. The van der Waals surface area contributed by atoms with E-state index in [4.69, 9.17) is 9.47 Å². The molecule has 0 aliphatic rings. The number of hydrazone groups is 1. The molecule has 0 radical (unpaired) electrons. The maximum atomic E-state index is 14.2. The van der Waals surface area contributed by atoms with Gasteiger partial charge in [0, 0.05) is 10.9 Å². The second-order valence-corrected chi connectivity index (χ2v) is 6.92. The molecule has 6 nitrogen and oxygen atoms in total. The first-order chi connectivity index (χ1) is 14.5. The van der Waals surface area contributed by atoms with Gasteiger partial charge in [-0.25, -0.2) is 13.8 Å². The third kappa shape index (κ3) is 6.08. The molecule has 1 aromatic heterocycles. The van der Waals surface area contributed by atoms with E-state index < -0.39 is 11.6 Å². The number of carbonyl (C=O) groups excluding carboxylic acids is 1. The molecule has 30 heavy (non-hydrogen) atoms. The van der Waals surface area contributed by atoms with E-state index in [2.05, 4.69) is 15.5 Å². The Morgan fingerprint density at radius 1 is 1.23 bits per heavy atom. The number of nitrogens with one attached hydrogen (secondary N) is 1. The molecule has 9 heteroatoms. The molecule has 0 aliphatic heterocycles. The first-order valence-corrected chi connectivity index (χ1v) is 9.98. The topological polar surface area (TPSA) is 72.8 Å². The number of hydrogen-bond donors (Lipinski definition) is 1. The predicted octanol–water partition coefficient (Wildman–Crippen LogP) is 4.55. The van der Waals surface area contributed by atoms with Crippen molar-refractivity contribution >= 4 is 28.7 Å². The molecule has 3 rings (SSSR count). The molecule has 0 amide bonds. The van der Waals surface area contributed by atoms with Gasteiger partial charge in [-0.15, -0.1) is 11.3 Å². The molecule has 1 N–H and O–H groups in total. The third-order valence-electron chi connectivity index (χ3n) is 3.85. The van der Waals surface area contributed by atoms with E-state index in [-0.39, 0.29) is 24.7 Å². The van der Waals surface area contributed by atoms with Crippen LogP contribution in [0.15, 0.2) is 52.9 Å². The van der Waals surface area contributed by atoms with Gasteiger partial charge in [-0.05, 0) is 36.8 Å². The number of anilines is 1. The predicted molar refractivity (Wildman–Crippen MR) is 111 cm³/mol. The van der Waals surface area contributed by atoms with Crippen molar-refractivity contribution in [2.24, 2.45) is 5.10 Å². The van der Waals surface area contributed by atoms with Crippen molar-refractivity contribution in [1.82, 2.24) is 4.98 Å². The van der Waals surface area contributed by atoms with Crippen LogP contribution in [-0.2, 0) is 22.6 Å². The lowest BCUT2D eigenvalue weighted by Crippen LogP contribution is -2.07. The largest absolute Gasteiger partial charge is 0.486 e. The molecule has 0 saturated carbocycles. The van der Waals surface area contributed by atoms with Crippen LogP contribution in [0.3, 0.4) is 0 Å². The number of esters is 1. The van der Waals surface area contributed by atoms with Crippen LogP contribution < -0.4 is 10.2 Å².